The Labute approximate surface area is 129 Å². The number of carbonyl (C=O) groups excluding carboxylic acids is 1. The number of hydrogen-bond donors (Lipinski definition) is 2. The zero-order valence-electron chi connectivity index (χ0n) is 11.2. The lowest BCUT2D eigenvalue weighted by Crippen LogP contribution is -2.23. The third-order valence-electron chi connectivity index (χ3n) is 2.54. The van der Waals surface area contributed by atoms with Crippen molar-refractivity contribution in [3.63, 3.8) is 0 Å². The van der Waals surface area contributed by atoms with E-state index < -0.39 is 24.8 Å². The molecule has 0 bridgehead atoms. The highest BCUT2D eigenvalue weighted by Crippen LogP contribution is 2.30. The van der Waals surface area contributed by atoms with Gasteiger partial charge in [0, 0.05) is 13.2 Å². The fourth-order valence-corrected chi connectivity index (χ4v) is 3.81. The predicted octanol–water partition coefficient (Wildman–Crippen LogP) is 0.400. The van der Waals surface area contributed by atoms with Gasteiger partial charge in [-0.15, -0.1) is 0 Å². The number of sulfonamides is 1. The third kappa shape index (κ3) is 3.40. The van der Waals surface area contributed by atoms with E-state index in [9.17, 15) is 23.3 Å². The maximum Gasteiger partial charge on any atom is 0.344 e. The van der Waals surface area contributed by atoms with Gasteiger partial charge in [-0.3, -0.25) is 24.3 Å². The number of anilines is 1. The van der Waals surface area contributed by atoms with Gasteiger partial charge in [0.05, 0.1) is 16.8 Å². The van der Waals surface area contributed by atoms with Crippen molar-refractivity contribution in [2.45, 2.75) is 11.4 Å². The molecular formula is C10H11N5O5S2. The first-order chi connectivity index (χ1) is 10.3. The minimum absolute atomic E-state index is 0.0726. The smallest absolute Gasteiger partial charge is 0.344 e. The Hall–Kier alpha value is -2.47. The minimum Gasteiger partial charge on any atom is -0.358 e. The van der Waals surface area contributed by atoms with E-state index in [4.69, 9.17) is 0 Å². The summed E-state index contributed by atoms with van der Waals surface area (Å²) < 4.78 is 27.7. The molecule has 0 aromatic carbocycles. The molecule has 0 atom stereocenters. The summed E-state index contributed by atoms with van der Waals surface area (Å²) in [5.41, 5.74) is 0.101. The van der Waals surface area contributed by atoms with Crippen molar-refractivity contribution in [2.75, 3.05) is 11.8 Å². The van der Waals surface area contributed by atoms with Crippen LogP contribution >= 0.6 is 11.3 Å². The molecule has 2 aromatic rings. The first kappa shape index (κ1) is 15.9. The van der Waals surface area contributed by atoms with Crippen molar-refractivity contribution in [1.29, 1.82) is 0 Å². The van der Waals surface area contributed by atoms with Gasteiger partial charge in [-0.05, 0) is 11.4 Å². The molecule has 118 valence electrons. The van der Waals surface area contributed by atoms with Crippen LogP contribution in [0.4, 0.5) is 10.7 Å². The molecule has 12 heteroatoms. The lowest BCUT2D eigenvalue weighted by atomic mass is 10.6. The molecule has 2 aromatic heterocycles. The summed E-state index contributed by atoms with van der Waals surface area (Å²) in [6, 6.07) is 1.15. The van der Waals surface area contributed by atoms with E-state index in [1.54, 1.807) is 0 Å². The van der Waals surface area contributed by atoms with E-state index >= 15 is 0 Å². The first-order valence-corrected chi connectivity index (χ1v) is 8.17. The summed E-state index contributed by atoms with van der Waals surface area (Å²) >= 11 is 0.720. The fourth-order valence-electron chi connectivity index (χ4n) is 1.57. The fraction of sp³-hybridized carbons (Fsp3) is 0.200. The van der Waals surface area contributed by atoms with Gasteiger partial charge in [-0.2, -0.15) is 5.10 Å². The van der Waals surface area contributed by atoms with Crippen LogP contribution in [0.2, 0.25) is 0 Å². The molecule has 2 N–H and O–H groups in total. The Morgan fingerprint density at radius 1 is 1.55 bits per heavy atom. The van der Waals surface area contributed by atoms with Crippen molar-refractivity contribution < 1.29 is 18.1 Å². The second-order valence-corrected chi connectivity index (χ2v) is 6.60. The molecule has 0 aliphatic carbocycles. The SMILES string of the molecule is CNC(=O)Cn1cc(NS(=O)(=O)c2ccsc2[N+](=O)[O-])cn1. The molecular weight excluding hydrogens is 334 g/mol. The molecule has 2 heterocycles. The van der Waals surface area contributed by atoms with Gasteiger partial charge in [0.2, 0.25) is 5.91 Å². The largest absolute Gasteiger partial charge is 0.358 e. The number of nitrogens with one attached hydrogen (secondary N) is 2. The monoisotopic (exact) mass is 345 g/mol. The Balaban J connectivity index is 2.21. The number of amides is 1. The van der Waals surface area contributed by atoms with Crippen molar-refractivity contribution in [3.05, 3.63) is 34.0 Å². The van der Waals surface area contributed by atoms with Gasteiger partial charge < -0.3 is 5.32 Å². The third-order valence-corrected chi connectivity index (χ3v) is 4.94. The number of likely N-dealkylation sites (N-methyl/N-ethyl adjacent to an activating group) is 1. The summed E-state index contributed by atoms with van der Waals surface area (Å²) in [4.78, 5) is 20.8. The number of carbonyl (C=O) groups is 1. The molecule has 2 rings (SSSR count). The van der Waals surface area contributed by atoms with E-state index in [1.807, 2.05) is 0 Å². The van der Waals surface area contributed by atoms with Gasteiger partial charge >= 0.3 is 5.00 Å². The maximum absolute atomic E-state index is 12.2. The van der Waals surface area contributed by atoms with Gasteiger partial charge in [0.25, 0.3) is 10.0 Å². The number of rotatable bonds is 6. The first-order valence-electron chi connectivity index (χ1n) is 5.81. The molecule has 0 fully saturated rings. The van der Waals surface area contributed by atoms with Crippen LogP contribution in [0.5, 0.6) is 0 Å². The molecule has 10 nitrogen and oxygen atoms in total. The van der Waals surface area contributed by atoms with E-state index in [1.165, 1.54) is 29.5 Å². The molecule has 0 saturated heterocycles. The van der Waals surface area contributed by atoms with E-state index in [-0.39, 0.29) is 18.1 Å². The Morgan fingerprint density at radius 3 is 2.91 bits per heavy atom. The van der Waals surface area contributed by atoms with Gasteiger partial charge in [-0.1, -0.05) is 11.3 Å². The van der Waals surface area contributed by atoms with Crippen LogP contribution in [0.25, 0.3) is 0 Å². The quantitative estimate of drug-likeness (QED) is 0.574. The molecule has 0 saturated carbocycles. The predicted molar refractivity (Wildman–Crippen MR) is 78.1 cm³/mol. The van der Waals surface area contributed by atoms with Crippen LogP contribution in [0.15, 0.2) is 28.7 Å². The molecule has 0 spiro atoms. The van der Waals surface area contributed by atoms with Gasteiger partial charge in [-0.25, -0.2) is 8.42 Å². The van der Waals surface area contributed by atoms with Crippen LogP contribution < -0.4 is 10.0 Å². The van der Waals surface area contributed by atoms with Crippen LogP contribution in [0, 0.1) is 10.1 Å². The van der Waals surface area contributed by atoms with E-state index in [0.29, 0.717) is 0 Å². The van der Waals surface area contributed by atoms with Crippen molar-refractivity contribution in [1.82, 2.24) is 15.1 Å². The van der Waals surface area contributed by atoms with E-state index in [2.05, 4.69) is 15.1 Å². The van der Waals surface area contributed by atoms with Crippen LogP contribution in [0.3, 0.4) is 0 Å². The van der Waals surface area contributed by atoms with Crippen LogP contribution in [0.1, 0.15) is 0 Å². The second-order valence-electron chi connectivity index (χ2n) is 4.05. The zero-order chi connectivity index (χ0) is 16.3. The van der Waals surface area contributed by atoms with Crippen molar-refractivity contribution >= 4 is 38.0 Å². The molecule has 0 aliphatic rings. The normalized spacial score (nSPS) is 11.1. The maximum atomic E-state index is 12.2. The highest BCUT2D eigenvalue weighted by atomic mass is 32.2. The zero-order valence-corrected chi connectivity index (χ0v) is 12.8. The Morgan fingerprint density at radius 2 is 2.27 bits per heavy atom. The summed E-state index contributed by atoms with van der Waals surface area (Å²) in [7, 11) is -2.64. The van der Waals surface area contributed by atoms with Gasteiger partial charge in [0.15, 0.2) is 4.90 Å². The summed E-state index contributed by atoms with van der Waals surface area (Å²) in [6.45, 7) is -0.0726. The second kappa shape index (κ2) is 6.11. The summed E-state index contributed by atoms with van der Waals surface area (Å²) in [5.74, 6) is -0.300. The molecule has 22 heavy (non-hydrogen) atoms. The number of hydrogen-bond acceptors (Lipinski definition) is 7. The molecule has 0 unspecified atom stereocenters. The van der Waals surface area contributed by atoms with Crippen molar-refractivity contribution in [2.24, 2.45) is 0 Å². The average molecular weight is 345 g/mol. The summed E-state index contributed by atoms with van der Waals surface area (Å²) in [5, 5.41) is 17.9. The lowest BCUT2D eigenvalue weighted by molar-refractivity contribution is -0.383. The van der Waals surface area contributed by atoms with Crippen molar-refractivity contribution in [3.8, 4) is 0 Å². The number of nitrogens with zero attached hydrogens (tertiary/aromatic N) is 3. The topological polar surface area (TPSA) is 136 Å². The molecule has 0 aliphatic heterocycles. The number of nitro groups is 1. The molecule has 1 amide bonds. The number of aromatic nitrogens is 2. The standard InChI is InChI=1S/C10H11N5O5S2/c1-11-9(16)6-14-5-7(4-12-14)13-22(19,20)8-2-3-21-10(8)15(17)18/h2-5,13H,6H2,1H3,(H,11,16). The lowest BCUT2D eigenvalue weighted by Gasteiger charge is -2.03. The highest BCUT2D eigenvalue weighted by molar-refractivity contribution is 7.93. The highest BCUT2D eigenvalue weighted by Gasteiger charge is 2.27. The summed E-state index contributed by atoms with van der Waals surface area (Å²) in [6.07, 6.45) is 2.52. The number of thiophene rings is 1. The van der Waals surface area contributed by atoms with Crippen LogP contribution in [-0.4, -0.2) is 36.1 Å². The van der Waals surface area contributed by atoms with Crippen LogP contribution in [-0.2, 0) is 21.4 Å². The minimum atomic E-state index is -4.10. The Kier molecular flexibility index (Phi) is 4.42. The average Bonchev–Trinajstić information content (AvgIpc) is 3.07. The van der Waals surface area contributed by atoms with Gasteiger partial charge in [0.1, 0.15) is 6.54 Å². The Bertz CT molecular complexity index is 809. The van der Waals surface area contributed by atoms with E-state index in [0.717, 1.165) is 17.4 Å². The molecule has 0 radical (unpaired) electrons.